The topological polar surface area (TPSA) is 56.7 Å². The molecule has 0 saturated heterocycles. The van der Waals surface area contributed by atoms with Crippen LogP contribution in [0.25, 0.3) is 0 Å². The molecule has 0 radical (unpaired) electrons. The van der Waals surface area contributed by atoms with Gasteiger partial charge >= 0.3 is 0 Å². The molecule has 0 aliphatic carbocycles. The van der Waals surface area contributed by atoms with Gasteiger partial charge in [-0.15, -0.1) is 0 Å². The molecule has 2 N–H and O–H groups in total. The molecule has 0 aliphatic rings. The number of guanidine groups is 1. The van der Waals surface area contributed by atoms with Crippen LogP contribution in [0.4, 0.5) is 0 Å². The van der Waals surface area contributed by atoms with Gasteiger partial charge in [0, 0.05) is 31.7 Å². The number of aliphatic imine (C=N–C) groups is 1. The molecule has 0 aliphatic heterocycles. The fraction of sp³-hybridized carbons (Fsp3) is 0.556. The molecule has 134 valence electrons. The summed E-state index contributed by atoms with van der Waals surface area (Å²) in [5.41, 5.74) is 0.484. The lowest BCUT2D eigenvalue weighted by Gasteiger charge is -2.25. The molecule has 0 unspecified atom stereocenters. The van der Waals surface area contributed by atoms with E-state index in [1.54, 1.807) is 0 Å². The highest BCUT2D eigenvalue weighted by Crippen LogP contribution is 2.18. The van der Waals surface area contributed by atoms with Crippen molar-refractivity contribution in [2.45, 2.75) is 34.2 Å². The molecule has 1 amide bonds. The summed E-state index contributed by atoms with van der Waals surface area (Å²) in [5.74, 6) is 0.771. The molecule has 24 heavy (non-hydrogen) atoms. The Hall–Kier alpha value is -1.75. The first-order valence-electron chi connectivity index (χ1n) is 8.33. The average Bonchev–Trinajstić information content (AvgIpc) is 2.53. The van der Waals surface area contributed by atoms with Crippen molar-refractivity contribution < 1.29 is 4.79 Å². The van der Waals surface area contributed by atoms with Crippen molar-refractivity contribution in [3.8, 4) is 0 Å². The second-order valence-electron chi connectivity index (χ2n) is 6.36. The predicted octanol–water partition coefficient (Wildman–Crippen LogP) is 2.90. The van der Waals surface area contributed by atoms with E-state index in [-0.39, 0.29) is 5.91 Å². The molecule has 0 bridgehead atoms. The Labute approximate surface area is 150 Å². The van der Waals surface area contributed by atoms with E-state index in [0.29, 0.717) is 19.6 Å². The first-order valence-corrected chi connectivity index (χ1v) is 8.70. The molecule has 1 aromatic carbocycles. The number of carbonyl (C=O) groups is 1. The summed E-state index contributed by atoms with van der Waals surface area (Å²) in [6.45, 7) is 10.2. The van der Waals surface area contributed by atoms with Crippen LogP contribution in [0.3, 0.4) is 0 Å². The van der Waals surface area contributed by atoms with E-state index >= 15 is 0 Å². The molecule has 1 aromatic rings. The third-order valence-electron chi connectivity index (χ3n) is 3.64. The molecule has 0 heterocycles. The Morgan fingerprint density at radius 3 is 2.42 bits per heavy atom. The van der Waals surface area contributed by atoms with E-state index in [4.69, 9.17) is 11.6 Å². The lowest BCUT2D eigenvalue weighted by Crippen LogP contribution is -2.42. The van der Waals surface area contributed by atoms with E-state index in [2.05, 4.69) is 15.6 Å². The van der Waals surface area contributed by atoms with Gasteiger partial charge in [-0.05, 0) is 39.3 Å². The molecule has 0 spiro atoms. The van der Waals surface area contributed by atoms with Crippen LogP contribution in [0, 0.1) is 5.41 Å². The first kappa shape index (κ1) is 20.3. The van der Waals surface area contributed by atoms with Crippen LogP contribution in [0.2, 0.25) is 5.02 Å². The van der Waals surface area contributed by atoms with Crippen LogP contribution in [-0.2, 0) is 11.3 Å². The van der Waals surface area contributed by atoms with E-state index in [9.17, 15) is 4.79 Å². The van der Waals surface area contributed by atoms with Gasteiger partial charge < -0.3 is 15.5 Å². The largest absolute Gasteiger partial charge is 0.357 e. The van der Waals surface area contributed by atoms with Crippen LogP contribution >= 0.6 is 11.6 Å². The third kappa shape index (κ3) is 6.04. The maximum Gasteiger partial charge on any atom is 0.227 e. The fourth-order valence-electron chi connectivity index (χ4n) is 2.17. The molecule has 5 nitrogen and oxygen atoms in total. The zero-order chi connectivity index (χ0) is 18.2. The first-order chi connectivity index (χ1) is 11.3. The Morgan fingerprint density at radius 2 is 1.83 bits per heavy atom. The number of amides is 1. The van der Waals surface area contributed by atoms with Crippen molar-refractivity contribution >= 4 is 23.5 Å². The van der Waals surface area contributed by atoms with Crippen molar-refractivity contribution in [2.24, 2.45) is 10.4 Å². The number of halogens is 1. The fourth-order valence-corrected chi connectivity index (χ4v) is 2.37. The highest BCUT2D eigenvalue weighted by atomic mass is 35.5. The van der Waals surface area contributed by atoms with Crippen LogP contribution < -0.4 is 10.6 Å². The molecule has 0 aromatic heterocycles. The summed E-state index contributed by atoms with van der Waals surface area (Å²) in [7, 11) is 1.96. The number of carbonyl (C=O) groups excluding carboxylic acids is 1. The maximum absolute atomic E-state index is 12.1. The van der Waals surface area contributed by atoms with Crippen molar-refractivity contribution in [1.29, 1.82) is 0 Å². The Morgan fingerprint density at radius 1 is 1.21 bits per heavy atom. The van der Waals surface area contributed by atoms with Crippen LogP contribution in [0.5, 0.6) is 0 Å². The van der Waals surface area contributed by atoms with Gasteiger partial charge in [-0.2, -0.15) is 0 Å². The minimum atomic E-state index is -0.554. The molecule has 1 rings (SSSR count). The smallest absolute Gasteiger partial charge is 0.227 e. The van der Waals surface area contributed by atoms with Gasteiger partial charge in [0.05, 0.1) is 12.0 Å². The van der Waals surface area contributed by atoms with Gasteiger partial charge in [0.25, 0.3) is 0 Å². The summed E-state index contributed by atoms with van der Waals surface area (Å²) < 4.78 is 0. The maximum atomic E-state index is 12.1. The summed E-state index contributed by atoms with van der Waals surface area (Å²) in [4.78, 5) is 18.8. The normalized spacial score (nSPS) is 12.0. The summed E-state index contributed by atoms with van der Waals surface area (Å²) >= 11 is 6.24. The second kappa shape index (κ2) is 9.52. The van der Waals surface area contributed by atoms with E-state index < -0.39 is 5.41 Å². The molecular formula is C18H29ClN4O. The van der Waals surface area contributed by atoms with Crippen molar-refractivity contribution in [1.82, 2.24) is 15.5 Å². The number of benzene rings is 1. The minimum Gasteiger partial charge on any atom is -0.357 e. The number of hydrogen-bond acceptors (Lipinski definition) is 2. The quantitative estimate of drug-likeness (QED) is 0.586. The average molecular weight is 353 g/mol. The number of hydrogen-bond donors (Lipinski definition) is 2. The van der Waals surface area contributed by atoms with Crippen molar-refractivity contribution in [3.63, 3.8) is 0 Å². The minimum absolute atomic E-state index is 0.0124. The number of nitrogens with zero attached hydrogens (tertiary/aromatic N) is 2. The molecule has 0 saturated carbocycles. The highest BCUT2D eigenvalue weighted by Gasteiger charge is 2.27. The zero-order valence-corrected chi connectivity index (χ0v) is 16.1. The lowest BCUT2D eigenvalue weighted by molar-refractivity contribution is -0.128. The Balaban J connectivity index is 2.84. The van der Waals surface area contributed by atoms with Crippen LogP contribution in [0.1, 0.15) is 33.3 Å². The highest BCUT2D eigenvalue weighted by molar-refractivity contribution is 6.31. The zero-order valence-electron chi connectivity index (χ0n) is 15.3. The summed E-state index contributed by atoms with van der Waals surface area (Å²) in [6, 6.07) is 7.77. The van der Waals surface area contributed by atoms with Crippen LogP contribution in [-0.4, -0.2) is 43.4 Å². The van der Waals surface area contributed by atoms with Gasteiger partial charge in [0.15, 0.2) is 5.96 Å². The lowest BCUT2D eigenvalue weighted by atomic mass is 9.92. The Kier molecular flexibility index (Phi) is 8.05. The summed E-state index contributed by atoms with van der Waals surface area (Å²) in [5, 5.41) is 6.86. The van der Waals surface area contributed by atoms with Gasteiger partial charge in [0.1, 0.15) is 0 Å². The van der Waals surface area contributed by atoms with Gasteiger partial charge in [0.2, 0.25) is 5.91 Å². The molecule has 0 fully saturated rings. The van der Waals surface area contributed by atoms with Gasteiger partial charge in [-0.25, -0.2) is 0 Å². The monoisotopic (exact) mass is 352 g/mol. The standard InChI is InChI=1S/C18H29ClN4O/c1-6-20-16(24)18(3,4)13-22-17(21-7-2)23(5)12-14-10-8-9-11-15(14)19/h8-11H,6-7,12-13H2,1-5H3,(H,20,24)(H,21,22). The van der Waals surface area contributed by atoms with Gasteiger partial charge in [-0.1, -0.05) is 29.8 Å². The van der Waals surface area contributed by atoms with Crippen molar-refractivity contribution in [3.05, 3.63) is 34.9 Å². The summed E-state index contributed by atoms with van der Waals surface area (Å²) in [6.07, 6.45) is 0. The van der Waals surface area contributed by atoms with Crippen molar-refractivity contribution in [2.75, 3.05) is 26.7 Å². The van der Waals surface area contributed by atoms with E-state index in [1.807, 2.05) is 63.9 Å². The number of nitrogens with one attached hydrogen (secondary N) is 2. The van der Waals surface area contributed by atoms with E-state index in [1.165, 1.54) is 0 Å². The molecular weight excluding hydrogens is 324 g/mol. The van der Waals surface area contributed by atoms with Crippen LogP contribution in [0.15, 0.2) is 29.3 Å². The van der Waals surface area contributed by atoms with Gasteiger partial charge in [-0.3, -0.25) is 9.79 Å². The molecule has 0 atom stereocenters. The van der Waals surface area contributed by atoms with E-state index in [0.717, 1.165) is 23.1 Å². The molecule has 6 heteroatoms. The Bertz CT molecular complexity index is 572. The SMILES string of the molecule is CCNC(=O)C(C)(C)CN=C(NCC)N(C)Cc1ccccc1Cl. The number of rotatable bonds is 7. The third-order valence-corrected chi connectivity index (χ3v) is 4.01. The predicted molar refractivity (Wildman–Crippen MR) is 101 cm³/mol. The second-order valence-corrected chi connectivity index (χ2v) is 6.77.